The van der Waals surface area contributed by atoms with Crippen LogP contribution in [0.5, 0.6) is 0 Å². The Kier molecular flexibility index (Phi) is 8.32. The Hall–Kier alpha value is -1.14. The zero-order chi connectivity index (χ0) is 14.1. The van der Waals surface area contributed by atoms with Gasteiger partial charge in [-0.2, -0.15) is 0 Å². The molecule has 1 unspecified atom stereocenters. The maximum Gasteiger partial charge on any atom is 0.241 e. The lowest BCUT2D eigenvalue weighted by Crippen LogP contribution is -2.45. The quantitative estimate of drug-likeness (QED) is 0.639. The van der Waals surface area contributed by atoms with Crippen molar-refractivity contribution >= 4 is 11.8 Å². The normalized spacial score (nSPS) is 12.1. The number of rotatable bonds is 8. The van der Waals surface area contributed by atoms with Gasteiger partial charge in [0.2, 0.25) is 11.8 Å². The van der Waals surface area contributed by atoms with E-state index in [-0.39, 0.29) is 24.3 Å². The lowest BCUT2D eigenvalue weighted by atomic mass is 10.1. The molecule has 0 radical (unpaired) electrons. The molecule has 0 aliphatic carbocycles. The molecular formula is C12H25N3O3. The number of hydrogen-bond acceptors (Lipinski definition) is 4. The van der Waals surface area contributed by atoms with Gasteiger partial charge in [0.05, 0.1) is 19.1 Å². The molecule has 0 bridgehead atoms. The van der Waals surface area contributed by atoms with Gasteiger partial charge in [0.25, 0.3) is 0 Å². The van der Waals surface area contributed by atoms with Crippen LogP contribution in [0.15, 0.2) is 0 Å². The van der Waals surface area contributed by atoms with Crippen LogP contribution in [0.4, 0.5) is 0 Å². The maximum absolute atomic E-state index is 12.2. The standard InChI is InChI=1S/C12H25N3O3/c1-5-10(8-13)12(17)15(6-7-18-4)9-11(16)14(2)3/h10H,5-9,13H2,1-4H3. The Morgan fingerprint density at radius 2 is 1.94 bits per heavy atom. The number of methoxy groups -OCH3 is 1. The van der Waals surface area contributed by atoms with Crippen molar-refractivity contribution in [3.05, 3.63) is 0 Å². The number of nitrogens with two attached hydrogens (primary N) is 1. The van der Waals surface area contributed by atoms with Crippen LogP contribution < -0.4 is 5.73 Å². The van der Waals surface area contributed by atoms with Crippen molar-refractivity contribution in [3.8, 4) is 0 Å². The van der Waals surface area contributed by atoms with Gasteiger partial charge in [0.1, 0.15) is 0 Å². The van der Waals surface area contributed by atoms with E-state index in [0.717, 1.165) is 0 Å². The molecule has 6 heteroatoms. The van der Waals surface area contributed by atoms with E-state index in [1.165, 1.54) is 9.80 Å². The number of carbonyl (C=O) groups excluding carboxylic acids is 2. The molecule has 18 heavy (non-hydrogen) atoms. The van der Waals surface area contributed by atoms with E-state index in [4.69, 9.17) is 10.5 Å². The third kappa shape index (κ3) is 5.46. The Morgan fingerprint density at radius 1 is 1.33 bits per heavy atom. The van der Waals surface area contributed by atoms with Gasteiger partial charge in [0.15, 0.2) is 0 Å². The summed E-state index contributed by atoms with van der Waals surface area (Å²) < 4.78 is 4.96. The molecule has 0 aliphatic rings. The third-order valence-corrected chi connectivity index (χ3v) is 2.83. The first-order valence-electron chi connectivity index (χ1n) is 6.15. The zero-order valence-corrected chi connectivity index (χ0v) is 11.8. The minimum atomic E-state index is -0.225. The smallest absolute Gasteiger partial charge is 0.241 e. The molecule has 0 rings (SSSR count). The minimum Gasteiger partial charge on any atom is -0.383 e. The van der Waals surface area contributed by atoms with Crippen LogP contribution in [-0.4, -0.2) is 69.1 Å². The van der Waals surface area contributed by atoms with E-state index in [0.29, 0.717) is 26.1 Å². The highest BCUT2D eigenvalue weighted by molar-refractivity contribution is 5.85. The molecule has 1 atom stereocenters. The largest absolute Gasteiger partial charge is 0.383 e. The van der Waals surface area contributed by atoms with Crippen molar-refractivity contribution in [2.75, 3.05) is 47.4 Å². The van der Waals surface area contributed by atoms with Gasteiger partial charge in [-0.1, -0.05) is 6.92 Å². The molecule has 106 valence electrons. The molecule has 2 amide bonds. The van der Waals surface area contributed by atoms with Crippen molar-refractivity contribution in [1.29, 1.82) is 0 Å². The molecular weight excluding hydrogens is 234 g/mol. The lowest BCUT2D eigenvalue weighted by Gasteiger charge is -2.26. The second-order valence-electron chi connectivity index (χ2n) is 4.38. The summed E-state index contributed by atoms with van der Waals surface area (Å²) in [6.07, 6.45) is 0.676. The van der Waals surface area contributed by atoms with Crippen LogP contribution in [0, 0.1) is 5.92 Å². The summed E-state index contributed by atoms with van der Waals surface area (Å²) in [4.78, 5) is 26.9. The molecule has 0 aliphatic heterocycles. The topological polar surface area (TPSA) is 75.9 Å². The first kappa shape index (κ1) is 16.9. The molecule has 0 aromatic heterocycles. The fraction of sp³-hybridized carbons (Fsp3) is 0.833. The van der Waals surface area contributed by atoms with Crippen LogP contribution in [0.3, 0.4) is 0 Å². The van der Waals surface area contributed by atoms with Gasteiger partial charge in [-0.15, -0.1) is 0 Å². The van der Waals surface area contributed by atoms with Crippen LogP contribution in [0.1, 0.15) is 13.3 Å². The van der Waals surface area contributed by atoms with E-state index in [2.05, 4.69) is 0 Å². The Labute approximate surface area is 109 Å². The second-order valence-corrected chi connectivity index (χ2v) is 4.38. The average Bonchev–Trinajstić information content (AvgIpc) is 2.35. The Balaban J connectivity index is 4.65. The Morgan fingerprint density at radius 3 is 2.33 bits per heavy atom. The number of likely N-dealkylation sites (N-methyl/N-ethyl adjacent to an activating group) is 1. The van der Waals surface area contributed by atoms with E-state index in [9.17, 15) is 9.59 Å². The third-order valence-electron chi connectivity index (χ3n) is 2.83. The van der Waals surface area contributed by atoms with Crippen LogP contribution in [0.2, 0.25) is 0 Å². The van der Waals surface area contributed by atoms with Crippen molar-refractivity contribution < 1.29 is 14.3 Å². The van der Waals surface area contributed by atoms with Gasteiger partial charge < -0.3 is 20.3 Å². The van der Waals surface area contributed by atoms with Gasteiger partial charge >= 0.3 is 0 Å². The molecule has 0 saturated carbocycles. The SMILES string of the molecule is CCC(CN)C(=O)N(CCOC)CC(=O)N(C)C. The predicted molar refractivity (Wildman–Crippen MR) is 70.0 cm³/mol. The van der Waals surface area contributed by atoms with Crippen molar-refractivity contribution in [2.45, 2.75) is 13.3 Å². The average molecular weight is 259 g/mol. The monoisotopic (exact) mass is 259 g/mol. The molecule has 0 heterocycles. The number of hydrogen-bond donors (Lipinski definition) is 1. The lowest BCUT2D eigenvalue weighted by molar-refractivity contribution is -0.142. The molecule has 0 aromatic carbocycles. The second kappa shape index (κ2) is 8.88. The van der Waals surface area contributed by atoms with E-state index < -0.39 is 0 Å². The van der Waals surface area contributed by atoms with Crippen LogP contribution in [0.25, 0.3) is 0 Å². The summed E-state index contributed by atoms with van der Waals surface area (Å²) in [6.45, 7) is 3.11. The first-order chi connectivity index (χ1) is 8.47. The molecule has 2 N–H and O–H groups in total. The highest BCUT2D eigenvalue weighted by atomic mass is 16.5. The molecule has 0 fully saturated rings. The van der Waals surface area contributed by atoms with Gasteiger partial charge in [-0.05, 0) is 6.42 Å². The summed E-state index contributed by atoms with van der Waals surface area (Å²) in [5.41, 5.74) is 5.57. The van der Waals surface area contributed by atoms with Crippen molar-refractivity contribution in [1.82, 2.24) is 9.80 Å². The van der Waals surface area contributed by atoms with Crippen molar-refractivity contribution in [2.24, 2.45) is 11.7 Å². The molecule has 0 saturated heterocycles. The summed E-state index contributed by atoms with van der Waals surface area (Å²) in [5, 5.41) is 0. The molecule has 6 nitrogen and oxygen atoms in total. The van der Waals surface area contributed by atoms with Gasteiger partial charge in [-0.3, -0.25) is 9.59 Å². The fourth-order valence-electron chi connectivity index (χ4n) is 1.47. The van der Waals surface area contributed by atoms with E-state index in [1.54, 1.807) is 21.2 Å². The number of carbonyl (C=O) groups is 2. The number of amides is 2. The summed E-state index contributed by atoms with van der Waals surface area (Å²) in [7, 11) is 4.90. The minimum absolute atomic E-state index is 0.0751. The fourth-order valence-corrected chi connectivity index (χ4v) is 1.47. The highest BCUT2D eigenvalue weighted by Gasteiger charge is 2.23. The highest BCUT2D eigenvalue weighted by Crippen LogP contribution is 2.06. The molecule has 0 aromatic rings. The number of nitrogens with zero attached hydrogens (tertiary/aromatic N) is 2. The number of ether oxygens (including phenoxy) is 1. The Bertz CT molecular complexity index is 265. The van der Waals surface area contributed by atoms with Gasteiger partial charge in [-0.25, -0.2) is 0 Å². The summed E-state index contributed by atoms with van der Waals surface area (Å²) in [6, 6.07) is 0. The maximum atomic E-state index is 12.2. The van der Waals surface area contributed by atoms with E-state index in [1.807, 2.05) is 6.92 Å². The zero-order valence-electron chi connectivity index (χ0n) is 11.8. The van der Waals surface area contributed by atoms with Gasteiger partial charge in [0, 0.05) is 34.3 Å². The summed E-state index contributed by atoms with van der Waals surface area (Å²) in [5.74, 6) is -0.407. The van der Waals surface area contributed by atoms with Crippen LogP contribution >= 0.6 is 0 Å². The van der Waals surface area contributed by atoms with Crippen molar-refractivity contribution in [3.63, 3.8) is 0 Å². The first-order valence-corrected chi connectivity index (χ1v) is 6.15. The molecule has 0 spiro atoms. The van der Waals surface area contributed by atoms with Crippen LogP contribution in [-0.2, 0) is 14.3 Å². The summed E-state index contributed by atoms with van der Waals surface area (Å²) >= 11 is 0. The van der Waals surface area contributed by atoms with E-state index >= 15 is 0 Å². The predicted octanol–water partition coefficient (Wildman–Crippen LogP) is -0.465.